The topological polar surface area (TPSA) is 29.1 Å². The lowest BCUT2D eigenvalue weighted by Gasteiger charge is -2.39. The van der Waals surface area contributed by atoms with E-state index in [1.54, 1.807) is 0 Å². The Kier molecular flexibility index (Phi) is 3.85. The Balaban J connectivity index is 1.50. The predicted octanol–water partition coefficient (Wildman–Crippen LogP) is 4.14. The van der Waals surface area contributed by atoms with Gasteiger partial charge in [0.15, 0.2) is 0 Å². The second-order valence-electron chi connectivity index (χ2n) is 8.75. The molecular formula is C18H31NO. The Morgan fingerprint density at radius 3 is 2.25 bits per heavy atom. The molecule has 0 saturated heterocycles. The average molecular weight is 277 g/mol. The van der Waals surface area contributed by atoms with Crippen molar-refractivity contribution in [3.63, 3.8) is 0 Å². The number of hydrogen-bond donors (Lipinski definition) is 1. The standard InChI is InChI=1S/C18H31NO/c1-12-8-13(11-18(2,3)10-12)9-16(20)19-17(14-4-5-14)15-6-7-15/h12-15,17H,4-11H2,1-3H3,(H,19,20)/t12-,13+/m0/s1. The maximum atomic E-state index is 12.4. The molecule has 2 heteroatoms. The molecule has 3 aliphatic carbocycles. The summed E-state index contributed by atoms with van der Waals surface area (Å²) in [7, 11) is 0. The molecule has 2 atom stereocenters. The highest BCUT2D eigenvalue weighted by molar-refractivity contribution is 5.76. The predicted molar refractivity (Wildman–Crippen MR) is 82.3 cm³/mol. The van der Waals surface area contributed by atoms with Crippen molar-refractivity contribution in [2.24, 2.45) is 29.1 Å². The van der Waals surface area contributed by atoms with E-state index in [4.69, 9.17) is 0 Å². The van der Waals surface area contributed by atoms with Crippen LogP contribution in [0, 0.1) is 29.1 Å². The highest BCUT2D eigenvalue weighted by atomic mass is 16.1. The molecule has 0 aromatic rings. The molecule has 3 aliphatic rings. The fourth-order valence-corrected chi connectivity index (χ4v) is 4.74. The maximum absolute atomic E-state index is 12.4. The zero-order valence-electron chi connectivity index (χ0n) is 13.5. The van der Waals surface area contributed by atoms with E-state index in [1.807, 2.05) is 0 Å². The van der Waals surface area contributed by atoms with E-state index in [-0.39, 0.29) is 0 Å². The Morgan fingerprint density at radius 2 is 1.75 bits per heavy atom. The van der Waals surface area contributed by atoms with Crippen LogP contribution in [0.25, 0.3) is 0 Å². The van der Waals surface area contributed by atoms with Gasteiger partial charge in [0.05, 0.1) is 0 Å². The molecule has 0 aliphatic heterocycles. The molecule has 1 amide bonds. The summed E-state index contributed by atoms with van der Waals surface area (Å²) in [6.45, 7) is 7.08. The summed E-state index contributed by atoms with van der Waals surface area (Å²) in [4.78, 5) is 12.4. The van der Waals surface area contributed by atoms with Gasteiger partial charge in [-0.25, -0.2) is 0 Å². The number of hydrogen-bond acceptors (Lipinski definition) is 1. The van der Waals surface area contributed by atoms with Gasteiger partial charge in [0, 0.05) is 12.5 Å². The molecular weight excluding hydrogens is 246 g/mol. The minimum Gasteiger partial charge on any atom is -0.353 e. The zero-order valence-corrected chi connectivity index (χ0v) is 13.5. The van der Waals surface area contributed by atoms with E-state index >= 15 is 0 Å². The molecule has 3 saturated carbocycles. The van der Waals surface area contributed by atoms with Crippen molar-refractivity contribution in [2.75, 3.05) is 0 Å². The second-order valence-corrected chi connectivity index (χ2v) is 8.75. The summed E-state index contributed by atoms with van der Waals surface area (Å²) in [6, 6.07) is 0.525. The summed E-state index contributed by atoms with van der Waals surface area (Å²) >= 11 is 0. The van der Waals surface area contributed by atoms with E-state index in [9.17, 15) is 4.79 Å². The first kappa shape index (κ1) is 14.4. The molecule has 0 aromatic carbocycles. The number of amides is 1. The van der Waals surface area contributed by atoms with E-state index in [0.29, 0.717) is 23.3 Å². The molecule has 3 fully saturated rings. The first-order valence-corrected chi connectivity index (χ1v) is 8.72. The van der Waals surface area contributed by atoms with Crippen LogP contribution in [0.3, 0.4) is 0 Å². The molecule has 20 heavy (non-hydrogen) atoms. The average Bonchev–Trinajstić information content (AvgIpc) is 3.16. The summed E-state index contributed by atoms with van der Waals surface area (Å²) in [6.07, 6.45) is 9.92. The van der Waals surface area contributed by atoms with Crippen molar-refractivity contribution in [3.05, 3.63) is 0 Å². The Morgan fingerprint density at radius 1 is 1.15 bits per heavy atom. The van der Waals surface area contributed by atoms with Crippen LogP contribution in [0.2, 0.25) is 0 Å². The minimum atomic E-state index is 0.337. The molecule has 1 N–H and O–H groups in total. The molecule has 2 nitrogen and oxygen atoms in total. The SMILES string of the molecule is C[C@H]1C[C@H](CC(=O)NC(C2CC2)C2CC2)CC(C)(C)C1. The quantitative estimate of drug-likeness (QED) is 0.804. The molecule has 114 valence electrons. The lowest BCUT2D eigenvalue weighted by atomic mass is 9.67. The number of nitrogens with one attached hydrogen (secondary N) is 1. The Labute approximate surface area is 124 Å². The lowest BCUT2D eigenvalue weighted by Crippen LogP contribution is -2.40. The monoisotopic (exact) mass is 277 g/mol. The van der Waals surface area contributed by atoms with Gasteiger partial charge in [-0.1, -0.05) is 20.8 Å². The summed E-state index contributed by atoms with van der Waals surface area (Å²) in [5, 5.41) is 3.39. The Hall–Kier alpha value is -0.530. The van der Waals surface area contributed by atoms with Crippen molar-refractivity contribution < 1.29 is 4.79 Å². The van der Waals surface area contributed by atoms with E-state index in [1.165, 1.54) is 44.9 Å². The Bertz CT molecular complexity index is 356. The maximum Gasteiger partial charge on any atom is 0.220 e. The zero-order chi connectivity index (χ0) is 14.3. The van der Waals surface area contributed by atoms with Gasteiger partial charge in [-0.15, -0.1) is 0 Å². The first-order chi connectivity index (χ1) is 9.43. The van der Waals surface area contributed by atoms with Gasteiger partial charge in [0.1, 0.15) is 0 Å². The van der Waals surface area contributed by atoms with Crippen LogP contribution in [0.5, 0.6) is 0 Å². The highest BCUT2D eigenvalue weighted by Gasteiger charge is 2.42. The van der Waals surface area contributed by atoms with Crippen molar-refractivity contribution in [2.45, 2.75) is 78.2 Å². The van der Waals surface area contributed by atoms with Crippen molar-refractivity contribution in [1.82, 2.24) is 5.32 Å². The van der Waals surface area contributed by atoms with E-state index in [2.05, 4.69) is 26.1 Å². The largest absolute Gasteiger partial charge is 0.353 e. The van der Waals surface area contributed by atoms with Crippen molar-refractivity contribution in [1.29, 1.82) is 0 Å². The van der Waals surface area contributed by atoms with Crippen molar-refractivity contribution in [3.8, 4) is 0 Å². The summed E-state index contributed by atoms with van der Waals surface area (Å²) < 4.78 is 0. The van der Waals surface area contributed by atoms with E-state index < -0.39 is 0 Å². The third-order valence-corrected chi connectivity index (χ3v) is 5.54. The van der Waals surface area contributed by atoms with Crippen LogP contribution in [-0.4, -0.2) is 11.9 Å². The molecule has 0 bridgehead atoms. The normalized spacial score (nSPS) is 33.2. The number of carbonyl (C=O) groups is 1. The van der Waals surface area contributed by atoms with Gasteiger partial charge < -0.3 is 5.32 Å². The lowest BCUT2D eigenvalue weighted by molar-refractivity contribution is -0.123. The summed E-state index contributed by atoms with van der Waals surface area (Å²) in [5.74, 6) is 3.34. The fraction of sp³-hybridized carbons (Fsp3) is 0.944. The first-order valence-electron chi connectivity index (χ1n) is 8.72. The minimum absolute atomic E-state index is 0.337. The molecule has 0 radical (unpaired) electrons. The molecule has 0 heterocycles. The van der Waals surface area contributed by atoms with Gasteiger partial charge >= 0.3 is 0 Å². The number of carbonyl (C=O) groups excluding carboxylic acids is 1. The molecule has 0 spiro atoms. The van der Waals surface area contributed by atoms with Gasteiger partial charge in [0.25, 0.3) is 0 Å². The molecule has 0 unspecified atom stereocenters. The summed E-state index contributed by atoms with van der Waals surface area (Å²) in [5.41, 5.74) is 0.426. The van der Waals surface area contributed by atoms with E-state index in [0.717, 1.165) is 24.2 Å². The third kappa shape index (κ3) is 3.77. The molecule has 3 rings (SSSR count). The van der Waals surface area contributed by atoms with Gasteiger partial charge in [0.2, 0.25) is 5.91 Å². The van der Waals surface area contributed by atoms with Crippen molar-refractivity contribution >= 4 is 5.91 Å². The second kappa shape index (κ2) is 5.35. The van der Waals surface area contributed by atoms with Gasteiger partial charge in [-0.3, -0.25) is 4.79 Å². The van der Waals surface area contributed by atoms with Crippen LogP contribution in [0.1, 0.15) is 72.1 Å². The van der Waals surface area contributed by atoms with Crippen LogP contribution in [-0.2, 0) is 4.79 Å². The third-order valence-electron chi connectivity index (χ3n) is 5.54. The smallest absolute Gasteiger partial charge is 0.220 e. The van der Waals surface area contributed by atoms with Crippen LogP contribution in [0.15, 0.2) is 0 Å². The highest BCUT2D eigenvalue weighted by Crippen LogP contribution is 2.45. The van der Waals surface area contributed by atoms with Crippen LogP contribution in [0.4, 0.5) is 0 Å². The van der Waals surface area contributed by atoms with Crippen LogP contribution < -0.4 is 5.32 Å². The fourth-order valence-electron chi connectivity index (χ4n) is 4.74. The van der Waals surface area contributed by atoms with Gasteiger partial charge in [-0.05, 0) is 74.0 Å². The van der Waals surface area contributed by atoms with Crippen LogP contribution >= 0.6 is 0 Å². The number of rotatable bonds is 5. The van der Waals surface area contributed by atoms with Gasteiger partial charge in [-0.2, -0.15) is 0 Å². The molecule has 0 aromatic heterocycles.